The highest BCUT2D eigenvalue weighted by atomic mass is 32.3. The lowest BCUT2D eigenvalue weighted by Gasteiger charge is -2.06. The highest BCUT2D eigenvalue weighted by molar-refractivity contribution is 8.04. The number of phenolic OH excluding ortho intramolecular Hbond substituents is 1. The molecule has 1 fully saturated rings. The van der Waals surface area contributed by atoms with Gasteiger partial charge in [-0.05, 0) is 37.6 Å². The van der Waals surface area contributed by atoms with Crippen molar-refractivity contribution in [3.05, 3.63) is 23.8 Å². The van der Waals surface area contributed by atoms with E-state index in [0.717, 1.165) is 18.9 Å². The molecule has 0 aliphatic carbocycles. The van der Waals surface area contributed by atoms with Crippen molar-refractivity contribution in [2.45, 2.75) is 24.8 Å². The van der Waals surface area contributed by atoms with E-state index in [2.05, 4.69) is 6.92 Å². The number of nitrogens with one attached hydrogen (secondary N) is 1. The van der Waals surface area contributed by atoms with Crippen molar-refractivity contribution < 1.29 is 26.7 Å². The maximum Gasteiger partial charge on any atom is 0.253 e. The van der Waals surface area contributed by atoms with E-state index in [0.29, 0.717) is 11.7 Å². The maximum atomic E-state index is 11.5. The molecule has 0 spiro atoms. The van der Waals surface area contributed by atoms with Gasteiger partial charge in [0, 0.05) is 0 Å². The van der Waals surface area contributed by atoms with Crippen molar-refractivity contribution in [3.63, 3.8) is 0 Å². The largest absolute Gasteiger partial charge is 0.508 e. The third-order valence-electron chi connectivity index (χ3n) is 2.24. The molecule has 1 saturated heterocycles. The Bertz CT molecular complexity index is 677. The summed E-state index contributed by atoms with van der Waals surface area (Å²) in [6, 6.07) is 3.49. The molecule has 2 N–H and O–H groups in total. The molecule has 1 atom stereocenters. The number of phenols is 1. The van der Waals surface area contributed by atoms with Crippen molar-refractivity contribution in [2.75, 3.05) is 12.9 Å². The van der Waals surface area contributed by atoms with E-state index < -0.39 is 20.0 Å². The van der Waals surface area contributed by atoms with E-state index in [1.807, 2.05) is 0 Å². The second-order valence-electron chi connectivity index (χ2n) is 4.45. The summed E-state index contributed by atoms with van der Waals surface area (Å²) in [6.07, 6.45) is 1.33. The van der Waals surface area contributed by atoms with Gasteiger partial charge in [0.15, 0.2) is 0 Å². The number of aromatic hydroxyl groups is 1. The zero-order valence-electron chi connectivity index (χ0n) is 11.3. The minimum Gasteiger partial charge on any atom is -0.508 e. The second kappa shape index (κ2) is 6.08. The molecule has 9 heteroatoms. The molecule has 1 heterocycles. The first-order valence-corrected chi connectivity index (χ1v) is 9.03. The number of hydrogen-bond acceptors (Lipinski definition) is 6. The Morgan fingerprint density at radius 2 is 1.80 bits per heavy atom. The number of sulfonamides is 2. The summed E-state index contributed by atoms with van der Waals surface area (Å²) < 4.78 is 51.0. The van der Waals surface area contributed by atoms with Crippen LogP contribution in [0.15, 0.2) is 23.1 Å². The van der Waals surface area contributed by atoms with E-state index in [4.69, 9.17) is 4.74 Å². The Morgan fingerprint density at radius 3 is 2.15 bits per heavy atom. The first-order chi connectivity index (χ1) is 9.01. The average Bonchev–Trinajstić information content (AvgIpc) is 3.02. The summed E-state index contributed by atoms with van der Waals surface area (Å²) in [5.41, 5.74) is 0.344. The van der Waals surface area contributed by atoms with Gasteiger partial charge in [-0.2, -0.15) is 0 Å². The number of benzene rings is 1. The lowest BCUT2D eigenvalue weighted by Crippen LogP contribution is -2.29. The molecule has 2 rings (SSSR count). The fourth-order valence-electron chi connectivity index (χ4n) is 1.14. The number of aryl methyl sites for hydroxylation is 1. The van der Waals surface area contributed by atoms with Gasteiger partial charge < -0.3 is 9.84 Å². The lowest BCUT2D eigenvalue weighted by atomic mass is 10.2. The summed E-state index contributed by atoms with van der Waals surface area (Å²) >= 11 is 0. The van der Waals surface area contributed by atoms with Crippen molar-refractivity contribution in [2.24, 2.45) is 0 Å². The third kappa shape index (κ3) is 5.87. The van der Waals surface area contributed by atoms with Gasteiger partial charge >= 0.3 is 0 Å². The van der Waals surface area contributed by atoms with Crippen LogP contribution in [0.2, 0.25) is 0 Å². The Balaban J connectivity index is 0.000000425. The standard InChI is InChI=1S/C8H11NO5S2.C3H6O/c1-6-5-7(3-4-8(6)10)16(13,14)9-15(2,11)12;1-3-2-4-3/h3-5,9-10H,1-2H3;3H,2H2,1H3. The maximum absolute atomic E-state index is 11.5. The summed E-state index contributed by atoms with van der Waals surface area (Å²) in [5.74, 6) is -0.0571. The second-order valence-corrected chi connectivity index (χ2v) is 8.14. The monoisotopic (exact) mass is 323 g/mol. The van der Waals surface area contributed by atoms with E-state index >= 15 is 0 Å². The number of ether oxygens (including phenoxy) is 1. The van der Waals surface area contributed by atoms with Gasteiger partial charge in [-0.1, -0.05) is 0 Å². The molecule has 1 aromatic rings. The molecular weight excluding hydrogens is 306 g/mol. The van der Waals surface area contributed by atoms with Crippen molar-refractivity contribution in [1.29, 1.82) is 0 Å². The van der Waals surface area contributed by atoms with E-state index in [-0.39, 0.29) is 10.6 Å². The van der Waals surface area contributed by atoms with Crippen LogP contribution in [0.3, 0.4) is 0 Å². The summed E-state index contributed by atoms with van der Waals surface area (Å²) in [6.45, 7) is 4.55. The molecule has 0 radical (unpaired) electrons. The first kappa shape index (κ1) is 16.9. The minimum absolute atomic E-state index is 0.0571. The van der Waals surface area contributed by atoms with Crippen LogP contribution < -0.4 is 4.13 Å². The predicted octanol–water partition coefficient (Wildman–Crippen LogP) is 0.344. The minimum atomic E-state index is -4.11. The van der Waals surface area contributed by atoms with Crippen LogP contribution in [0.4, 0.5) is 0 Å². The molecule has 0 aromatic heterocycles. The molecule has 1 aliphatic heterocycles. The summed E-state index contributed by atoms with van der Waals surface area (Å²) in [5, 5.41) is 9.21. The fourth-order valence-corrected chi connectivity index (χ4v) is 3.70. The zero-order chi connectivity index (χ0) is 15.6. The molecule has 20 heavy (non-hydrogen) atoms. The molecule has 1 aromatic carbocycles. The van der Waals surface area contributed by atoms with Crippen LogP contribution in [-0.2, 0) is 24.8 Å². The van der Waals surface area contributed by atoms with Gasteiger partial charge in [0.05, 0.1) is 23.9 Å². The molecule has 1 aliphatic rings. The van der Waals surface area contributed by atoms with E-state index in [9.17, 15) is 21.9 Å². The van der Waals surface area contributed by atoms with Crippen molar-refractivity contribution in [1.82, 2.24) is 4.13 Å². The van der Waals surface area contributed by atoms with Crippen LogP contribution in [0.25, 0.3) is 0 Å². The third-order valence-corrected chi connectivity index (χ3v) is 5.20. The van der Waals surface area contributed by atoms with Gasteiger partial charge in [0.1, 0.15) is 5.75 Å². The number of rotatable bonds is 3. The molecule has 7 nitrogen and oxygen atoms in total. The van der Waals surface area contributed by atoms with Crippen molar-refractivity contribution in [3.8, 4) is 5.75 Å². The van der Waals surface area contributed by atoms with Crippen LogP contribution in [0, 0.1) is 6.92 Å². The van der Waals surface area contributed by atoms with Gasteiger partial charge in [0.25, 0.3) is 10.0 Å². The van der Waals surface area contributed by atoms with Crippen LogP contribution in [0.1, 0.15) is 12.5 Å². The SMILES string of the molecule is CC1CO1.Cc1cc(S(=O)(=O)NS(C)(=O)=O)ccc1O. The Kier molecular flexibility index (Phi) is 5.14. The van der Waals surface area contributed by atoms with Crippen LogP contribution >= 0.6 is 0 Å². The molecule has 1 unspecified atom stereocenters. The van der Waals surface area contributed by atoms with Gasteiger partial charge in [-0.25, -0.2) is 16.8 Å². The highest BCUT2D eigenvalue weighted by Crippen LogP contribution is 2.20. The topological polar surface area (TPSA) is 113 Å². The Labute approximate surface area is 118 Å². The Morgan fingerprint density at radius 1 is 1.30 bits per heavy atom. The summed E-state index contributed by atoms with van der Waals surface area (Å²) in [7, 11) is -7.96. The quantitative estimate of drug-likeness (QED) is 0.776. The molecule has 114 valence electrons. The smallest absolute Gasteiger partial charge is 0.253 e. The fraction of sp³-hybridized carbons (Fsp3) is 0.455. The van der Waals surface area contributed by atoms with E-state index in [1.165, 1.54) is 23.2 Å². The Hall–Kier alpha value is -1.16. The molecule has 0 bridgehead atoms. The predicted molar refractivity (Wildman–Crippen MR) is 73.4 cm³/mol. The highest BCUT2D eigenvalue weighted by Gasteiger charge is 2.19. The molecular formula is C11H17NO6S2. The lowest BCUT2D eigenvalue weighted by molar-refractivity contribution is 0.423. The molecule has 0 amide bonds. The number of hydrogen-bond donors (Lipinski definition) is 2. The van der Waals surface area contributed by atoms with Crippen LogP contribution in [-0.4, -0.2) is 40.9 Å². The number of epoxide rings is 1. The van der Waals surface area contributed by atoms with Crippen LogP contribution in [0.5, 0.6) is 5.75 Å². The summed E-state index contributed by atoms with van der Waals surface area (Å²) in [4.78, 5) is -0.215. The van der Waals surface area contributed by atoms with E-state index in [1.54, 1.807) is 0 Å². The average molecular weight is 323 g/mol. The van der Waals surface area contributed by atoms with Gasteiger partial charge in [0.2, 0.25) is 10.0 Å². The molecule has 0 saturated carbocycles. The van der Waals surface area contributed by atoms with Gasteiger partial charge in [-0.15, -0.1) is 4.13 Å². The first-order valence-electron chi connectivity index (χ1n) is 5.66. The van der Waals surface area contributed by atoms with Crippen molar-refractivity contribution >= 4 is 20.0 Å². The van der Waals surface area contributed by atoms with Gasteiger partial charge in [-0.3, -0.25) is 0 Å². The zero-order valence-corrected chi connectivity index (χ0v) is 13.0. The normalized spacial score (nSPS) is 18.1.